The number of hydrogen-bond acceptors (Lipinski definition) is 2. The van der Waals surface area contributed by atoms with Crippen molar-refractivity contribution in [2.75, 3.05) is 13.1 Å². The lowest BCUT2D eigenvalue weighted by Gasteiger charge is -2.03. The molecule has 0 radical (unpaired) electrons. The zero-order valence-electron chi connectivity index (χ0n) is 8.89. The Bertz CT molecular complexity index is 312. The van der Waals surface area contributed by atoms with E-state index in [0.29, 0.717) is 5.92 Å². The molecule has 1 aromatic rings. The predicted molar refractivity (Wildman–Crippen MR) is 70.8 cm³/mol. The van der Waals surface area contributed by atoms with Gasteiger partial charge in [0, 0.05) is 6.54 Å². The van der Waals surface area contributed by atoms with Gasteiger partial charge in [0.2, 0.25) is 0 Å². The Balaban J connectivity index is 2.32. The van der Waals surface area contributed by atoms with E-state index in [9.17, 15) is 0 Å². The molecule has 0 aliphatic rings. The Kier molecular flexibility index (Phi) is 5.64. The van der Waals surface area contributed by atoms with Gasteiger partial charge in [0.15, 0.2) is 4.67 Å². The average molecular weight is 337 g/mol. The Morgan fingerprint density at radius 2 is 2.20 bits per heavy atom. The Morgan fingerprint density at radius 1 is 1.47 bits per heavy atom. The van der Waals surface area contributed by atoms with Gasteiger partial charge in [-0.15, -0.1) is 0 Å². The second kappa shape index (κ2) is 6.51. The van der Waals surface area contributed by atoms with Crippen molar-refractivity contribution < 1.29 is 4.42 Å². The van der Waals surface area contributed by atoms with Gasteiger partial charge < -0.3 is 9.73 Å². The van der Waals surface area contributed by atoms with Crippen LogP contribution in [0.2, 0.25) is 0 Å². The maximum Gasteiger partial charge on any atom is 0.184 e. The van der Waals surface area contributed by atoms with E-state index < -0.39 is 0 Å². The summed E-state index contributed by atoms with van der Waals surface area (Å²) in [4.78, 5) is 0. The van der Waals surface area contributed by atoms with Crippen molar-refractivity contribution >= 4 is 37.9 Å². The van der Waals surface area contributed by atoms with Crippen molar-refractivity contribution in [2.24, 2.45) is 5.92 Å². The number of halogens is 2. The fourth-order valence-corrected chi connectivity index (χ4v) is 1.68. The third kappa shape index (κ3) is 5.00. The third-order valence-corrected chi connectivity index (χ3v) is 3.47. The first-order chi connectivity index (χ1) is 7.09. The Hall–Kier alpha value is -0.0600. The summed E-state index contributed by atoms with van der Waals surface area (Å²) in [6, 6.07) is 1.93. The highest BCUT2D eigenvalue weighted by Gasteiger charge is 2.02. The van der Waals surface area contributed by atoms with E-state index in [1.807, 2.05) is 12.1 Å². The van der Waals surface area contributed by atoms with E-state index >= 15 is 0 Å². The van der Waals surface area contributed by atoms with Crippen LogP contribution >= 0.6 is 31.9 Å². The molecule has 1 aromatic heterocycles. The van der Waals surface area contributed by atoms with Crippen LogP contribution in [0.4, 0.5) is 0 Å². The highest BCUT2D eigenvalue weighted by atomic mass is 79.9. The van der Waals surface area contributed by atoms with Gasteiger partial charge in [-0.1, -0.05) is 19.9 Å². The number of hydrogen-bond donors (Lipinski definition) is 1. The molecule has 2 nitrogen and oxygen atoms in total. The molecule has 0 amide bonds. The second-order valence-electron chi connectivity index (χ2n) is 3.72. The van der Waals surface area contributed by atoms with Crippen LogP contribution in [-0.2, 0) is 0 Å². The van der Waals surface area contributed by atoms with Crippen molar-refractivity contribution in [3.63, 3.8) is 0 Å². The molecule has 4 heteroatoms. The fourth-order valence-electron chi connectivity index (χ4n) is 1.08. The monoisotopic (exact) mass is 335 g/mol. The molecule has 1 N–H and O–H groups in total. The number of furan rings is 1. The lowest BCUT2D eigenvalue weighted by Crippen LogP contribution is -2.19. The van der Waals surface area contributed by atoms with Gasteiger partial charge in [0.05, 0.1) is 4.47 Å². The van der Waals surface area contributed by atoms with E-state index in [4.69, 9.17) is 4.42 Å². The Morgan fingerprint density at radius 3 is 2.73 bits per heavy atom. The number of nitrogens with one attached hydrogen (secondary N) is 1. The van der Waals surface area contributed by atoms with E-state index in [-0.39, 0.29) is 0 Å². The van der Waals surface area contributed by atoms with Gasteiger partial charge in [0.1, 0.15) is 5.76 Å². The molecule has 1 rings (SSSR count). The first-order valence-electron chi connectivity index (χ1n) is 4.91. The van der Waals surface area contributed by atoms with Crippen molar-refractivity contribution in [2.45, 2.75) is 13.8 Å². The summed E-state index contributed by atoms with van der Waals surface area (Å²) >= 11 is 6.66. The molecule has 0 aliphatic carbocycles. The summed E-state index contributed by atoms with van der Waals surface area (Å²) in [5.41, 5.74) is 0. The highest BCUT2D eigenvalue weighted by Crippen LogP contribution is 2.27. The third-order valence-electron chi connectivity index (χ3n) is 1.76. The smallest absolute Gasteiger partial charge is 0.184 e. The van der Waals surface area contributed by atoms with Gasteiger partial charge in [0.25, 0.3) is 0 Å². The largest absolute Gasteiger partial charge is 0.449 e. The molecule has 0 unspecified atom stereocenters. The van der Waals surface area contributed by atoms with E-state index in [0.717, 1.165) is 28.0 Å². The molecule has 0 spiro atoms. The molecule has 0 aromatic carbocycles. The molecule has 0 bridgehead atoms. The zero-order chi connectivity index (χ0) is 11.3. The van der Waals surface area contributed by atoms with Crippen LogP contribution in [0.1, 0.15) is 19.6 Å². The van der Waals surface area contributed by atoms with Crippen LogP contribution in [-0.4, -0.2) is 13.1 Å². The second-order valence-corrected chi connectivity index (χ2v) is 5.30. The molecule has 84 valence electrons. The first-order valence-corrected chi connectivity index (χ1v) is 6.50. The molecule has 1 heterocycles. The van der Waals surface area contributed by atoms with Crippen molar-refractivity contribution in [1.82, 2.24) is 5.32 Å². The minimum atomic E-state index is 0.685. The normalized spacial score (nSPS) is 11.8. The molecule has 0 atom stereocenters. The SMILES string of the molecule is CC(C)CNCC=Cc1cc(Br)c(Br)o1. The zero-order valence-corrected chi connectivity index (χ0v) is 12.1. The summed E-state index contributed by atoms with van der Waals surface area (Å²) < 4.78 is 7.07. The maximum atomic E-state index is 5.40. The number of rotatable bonds is 5. The van der Waals surface area contributed by atoms with E-state index in [1.165, 1.54) is 0 Å². The van der Waals surface area contributed by atoms with Gasteiger partial charge in [-0.25, -0.2) is 0 Å². The lowest BCUT2D eigenvalue weighted by molar-refractivity contribution is 0.529. The van der Waals surface area contributed by atoms with Gasteiger partial charge in [-0.3, -0.25) is 0 Å². The molecular weight excluding hydrogens is 322 g/mol. The predicted octanol–water partition coefficient (Wildman–Crippen LogP) is 4.06. The molecule has 0 aliphatic heterocycles. The lowest BCUT2D eigenvalue weighted by atomic mass is 10.2. The van der Waals surface area contributed by atoms with Crippen molar-refractivity contribution in [3.8, 4) is 0 Å². The molecule has 0 saturated heterocycles. The molecule has 0 saturated carbocycles. The fraction of sp³-hybridized carbons (Fsp3) is 0.455. The van der Waals surface area contributed by atoms with Gasteiger partial charge >= 0.3 is 0 Å². The van der Waals surface area contributed by atoms with Crippen LogP contribution in [0.25, 0.3) is 6.08 Å². The van der Waals surface area contributed by atoms with Crippen LogP contribution in [0.15, 0.2) is 25.7 Å². The van der Waals surface area contributed by atoms with Crippen LogP contribution in [0.5, 0.6) is 0 Å². The van der Waals surface area contributed by atoms with Crippen LogP contribution in [0, 0.1) is 5.92 Å². The standard InChI is InChI=1S/C11H15Br2NO/c1-8(2)7-14-5-3-4-9-6-10(12)11(13)15-9/h3-4,6,8,14H,5,7H2,1-2H3. The summed E-state index contributed by atoms with van der Waals surface area (Å²) in [6.45, 7) is 6.29. The molecular formula is C11H15Br2NO. The quantitative estimate of drug-likeness (QED) is 0.820. The summed E-state index contributed by atoms with van der Waals surface area (Å²) in [7, 11) is 0. The van der Waals surface area contributed by atoms with Gasteiger partial charge in [-0.05, 0) is 56.5 Å². The minimum Gasteiger partial charge on any atom is -0.449 e. The Labute approximate surface area is 107 Å². The minimum absolute atomic E-state index is 0.685. The van der Waals surface area contributed by atoms with Gasteiger partial charge in [-0.2, -0.15) is 0 Å². The summed E-state index contributed by atoms with van der Waals surface area (Å²) in [6.07, 6.45) is 4.02. The van der Waals surface area contributed by atoms with Crippen LogP contribution < -0.4 is 5.32 Å². The van der Waals surface area contributed by atoms with Crippen LogP contribution in [0.3, 0.4) is 0 Å². The van der Waals surface area contributed by atoms with E-state index in [1.54, 1.807) is 0 Å². The highest BCUT2D eigenvalue weighted by molar-refractivity contribution is 9.13. The molecule has 0 fully saturated rings. The van der Waals surface area contributed by atoms with Crippen molar-refractivity contribution in [1.29, 1.82) is 0 Å². The summed E-state index contributed by atoms with van der Waals surface area (Å²) in [5.74, 6) is 1.53. The van der Waals surface area contributed by atoms with E-state index in [2.05, 4.69) is 57.1 Å². The van der Waals surface area contributed by atoms with Crippen molar-refractivity contribution in [3.05, 3.63) is 27.0 Å². The first kappa shape index (κ1) is 13.0. The summed E-state index contributed by atoms with van der Waals surface area (Å²) in [5, 5.41) is 3.32. The maximum absolute atomic E-state index is 5.40. The average Bonchev–Trinajstić information content (AvgIpc) is 2.45. The topological polar surface area (TPSA) is 25.2 Å². The molecule has 15 heavy (non-hydrogen) atoms.